The molecule has 6 nitrogen and oxygen atoms in total. The first-order valence-electron chi connectivity index (χ1n) is 8.73. The molecule has 2 rings (SSSR count). The van der Waals surface area contributed by atoms with Crippen molar-refractivity contribution in [2.75, 3.05) is 11.0 Å². The Morgan fingerprint density at radius 1 is 1.17 bits per heavy atom. The van der Waals surface area contributed by atoms with Crippen LogP contribution in [0.2, 0.25) is 0 Å². The minimum Gasteiger partial charge on any atom is -0.348 e. The van der Waals surface area contributed by atoms with Crippen molar-refractivity contribution in [1.82, 2.24) is 10.3 Å². The molecule has 0 saturated carbocycles. The number of anilines is 1. The molecule has 0 aliphatic heterocycles. The number of nitrogens with one attached hydrogen (secondary N) is 2. The Bertz CT molecular complexity index is 1000. The van der Waals surface area contributed by atoms with Crippen molar-refractivity contribution >= 4 is 27.7 Å². The summed E-state index contributed by atoms with van der Waals surface area (Å²) in [7, 11) is -3.82. The van der Waals surface area contributed by atoms with Crippen molar-refractivity contribution in [2.45, 2.75) is 32.7 Å². The van der Waals surface area contributed by atoms with Crippen LogP contribution < -0.4 is 10.0 Å². The van der Waals surface area contributed by atoms with E-state index in [0.29, 0.717) is 0 Å². The van der Waals surface area contributed by atoms with Crippen LogP contribution in [0.15, 0.2) is 36.5 Å². The predicted molar refractivity (Wildman–Crippen MR) is 109 cm³/mol. The third-order valence-corrected chi connectivity index (χ3v) is 4.41. The monoisotopic (exact) mass is 423 g/mol. The van der Waals surface area contributed by atoms with Gasteiger partial charge in [-0.25, -0.2) is 17.2 Å². The Balaban J connectivity index is 1.99. The molecule has 2 N–H and O–H groups in total. The van der Waals surface area contributed by atoms with Crippen LogP contribution in [0.1, 0.15) is 37.6 Å². The number of pyridine rings is 1. The molecular weight excluding hydrogens is 400 g/mol. The molecule has 29 heavy (non-hydrogen) atoms. The summed E-state index contributed by atoms with van der Waals surface area (Å²) in [5.74, 6) is -2.59. The number of halogens is 2. The van der Waals surface area contributed by atoms with E-state index in [1.165, 1.54) is 6.08 Å². The molecule has 0 aliphatic rings. The molecule has 0 aliphatic carbocycles. The molecule has 156 valence electrons. The van der Waals surface area contributed by atoms with Gasteiger partial charge in [-0.3, -0.25) is 14.5 Å². The zero-order chi connectivity index (χ0) is 21.8. The van der Waals surface area contributed by atoms with Crippen molar-refractivity contribution in [3.63, 3.8) is 0 Å². The summed E-state index contributed by atoms with van der Waals surface area (Å²) < 4.78 is 52.0. The van der Waals surface area contributed by atoms with Gasteiger partial charge in [-0.1, -0.05) is 26.8 Å². The van der Waals surface area contributed by atoms with E-state index in [-0.39, 0.29) is 17.5 Å². The van der Waals surface area contributed by atoms with Crippen LogP contribution in [-0.2, 0) is 26.8 Å². The largest absolute Gasteiger partial charge is 0.348 e. The lowest BCUT2D eigenvalue weighted by Gasteiger charge is -2.17. The zero-order valence-corrected chi connectivity index (χ0v) is 17.4. The second kappa shape index (κ2) is 8.69. The third kappa shape index (κ3) is 6.94. The van der Waals surface area contributed by atoms with Gasteiger partial charge in [0.2, 0.25) is 15.9 Å². The molecule has 0 radical (unpaired) electrons. The van der Waals surface area contributed by atoms with Crippen molar-refractivity contribution in [1.29, 1.82) is 0 Å². The highest BCUT2D eigenvalue weighted by Crippen LogP contribution is 2.22. The summed E-state index contributed by atoms with van der Waals surface area (Å²) in [6.07, 6.45) is 5.32. The second-order valence-corrected chi connectivity index (χ2v) is 9.34. The fraction of sp³-hybridized carbons (Fsp3) is 0.300. The second-order valence-electron chi connectivity index (χ2n) is 7.59. The molecule has 1 aromatic heterocycles. The molecule has 1 aromatic carbocycles. The highest BCUT2D eigenvalue weighted by Gasteiger charge is 2.15. The Kier molecular flexibility index (Phi) is 6.73. The SMILES string of the molecule is CC(C)(C)c1ccc(/C=C/C(=O)NCc2cc(F)c(NS(C)(=O)=O)c(F)c2)cn1. The van der Waals surface area contributed by atoms with Gasteiger partial charge in [-0.05, 0) is 35.4 Å². The third-order valence-electron chi connectivity index (χ3n) is 3.84. The number of benzene rings is 1. The summed E-state index contributed by atoms with van der Waals surface area (Å²) in [4.78, 5) is 16.3. The van der Waals surface area contributed by atoms with E-state index in [9.17, 15) is 22.0 Å². The van der Waals surface area contributed by atoms with Gasteiger partial charge in [0.15, 0.2) is 11.6 Å². The van der Waals surface area contributed by atoms with Crippen LogP contribution in [0.25, 0.3) is 6.08 Å². The minimum absolute atomic E-state index is 0.0729. The molecule has 0 fully saturated rings. The maximum atomic E-state index is 14.0. The van der Waals surface area contributed by atoms with Crippen LogP contribution in [0.5, 0.6) is 0 Å². The van der Waals surface area contributed by atoms with Crippen LogP contribution in [-0.4, -0.2) is 25.6 Å². The van der Waals surface area contributed by atoms with E-state index >= 15 is 0 Å². The molecule has 0 spiro atoms. The van der Waals surface area contributed by atoms with Gasteiger partial charge in [-0.2, -0.15) is 0 Å². The number of carbonyl (C=O) groups excluding carboxylic acids is 1. The summed E-state index contributed by atoms with van der Waals surface area (Å²) in [5, 5.41) is 2.51. The number of sulfonamides is 1. The van der Waals surface area contributed by atoms with Gasteiger partial charge in [0.1, 0.15) is 5.69 Å². The number of aromatic nitrogens is 1. The number of carbonyl (C=O) groups is 1. The lowest BCUT2D eigenvalue weighted by molar-refractivity contribution is -0.116. The van der Waals surface area contributed by atoms with Crippen LogP contribution in [0.3, 0.4) is 0 Å². The molecular formula is C20H23F2N3O3S. The van der Waals surface area contributed by atoms with Crippen molar-refractivity contribution in [3.05, 3.63) is 65.0 Å². The van der Waals surface area contributed by atoms with E-state index < -0.39 is 33.3 Å². The first-order valence-corrected chi connectivity index (χ1v) is 10.6. The molecule has 9 heteroatoms. The van der Waals surface area contributed by atoms with Crippen LogP contribution >= 0.6 is 0 Å². The lowest BCUT2D eigenvalue weighted by atomic mass is 9.91. The van der Waals surface area contributed by atoms with Crippen molar-refractivity contribution < 1.29 is 22.0 Å². The number of amides is 1. The van der Waals surface area contributed by atoms with Gasteiger partial charge in [0.05, 0.1) is 6.26 Å². The zero-order valence-electron chi connectivity index (χ0n) is 16.6. The van der Waals surface area contributed by atoms with Gasteiger partial charge in [0, 0.05) is 29.9 Å². The highest BCUT2D eigenvalue weighted by atomic mass is 32.2. The Hall–Kier alpha value is -2.81. The van der Waals surface area contributed by atoms with Crippen LogP contribution in [0, 0.1) is 11.6 Å². The fourth-order valence-electron chi connectivity index (χ4n) is 2.38. The molecule has 0 saturated heterocycles. The van der Waals surface area contributed by atoms with E-state index in [2.05, 4.69) is 10.3 Å². The number of rotatable bonds is 6. The quantitative estimate of drug-likeness (QED) is 0.698. The molecule has 2 aromatic rings. The Labute approximate surface area is 169 Å². The summed E-state index contributed by atoms with van der Waals surface area (Å²) in [6, 6.07) is 5.64. The summed E-state index contributed by atoms with van der Waals surface area (Å²) in [5.41, 5.74) is 0.986. The standard InChI is InChI=1S/C20H23F2N3O3S/c1-20(2,3)17-7-5-13(11-23-17)6-8-18(26)24-12-14-9-15(21)19(16(22)10-14)25-29(4,27)28/h5-11,25H,12H2,1-4H3,(H,24,26)/b8-6+. The topological polar surface area (TPSA) is 88.2 Å². The number of hydrogen-bond donors (Lipinski definition) is 2. The number of hydrogen-bond acceptors (Lipinski definition) is 4. The van der Waals surface area contributed by atoms with Crippen molar-refractivity contribution in [2.24, 2.45) is 0 Å². The van der Waals surface area contributed by atoms with Gasteiger partial charge in [0.25, 0.3) is 0 Å². The molecule has 0 atom stereocenters. The predicted octanol–water partition coefficient (Wildman–Crippen LogP) is 3.36. The Morgan fingerprint density at radius 2 is 1.79 bits per heavy atom. The summed E-state index contributed by atoms with van der Waals surface area (Å²) >= 11 is 0. The van der Waals surface area contributed by atoms with Gasteiger partial charge < -0.3 is 5.32 Å². The minimum atomic E-state index is -3.82. The first-order chi connectivity index (χ1) is 13.3. The lowest BCUT2D eigenvalue weighted by Crippen LogP contribution is -2.21. The molecule has 1 amide bonds. The first kappa shape index (κ1) is 22.5. The van der Waals surface area contributed by atoms with Crippen LogP contribution in [0.4, 0.5) is 14.5 Å². The van der Waals surface area contributed by atoms with E-state index in [4.69, 9.17) is 0 Å². The smallest absolute Gasteiger partial charge is 0.244 e. The fourth-order valence-corrected chi connectivity index (χ4v) is 2.94. The maximum Gasteiger partial charge on any atom is 0.244 e. The summed E-state index contributed by atoms with van der Waals surface area (Å²) in [6.45, 7) is 6.02. The van der Waals surface area contributed by atoms with E-state index in [1.807, 2.05) is 32.9 Å². The van der Waals surface area contributed by atoms with Gasteiger partial charge >= 0.3 is 0 Å². The average molecular weight is 423 g/mol. The molecule has 1 heterocycles. The van der Waals surface area contributed by atoms with E-state index in [0.717, 1.165) is 29.6 Å². The highest BCUT2D eigenvalue weighted by molar-refractivity contribution is 7.92. The van der Waals surface area contributed by atoms with E-state index in [1.54, 1.807) is 17.0 Å². The average Bonchev–Trinajstić information content (AvgIpc) is 2.60. The normalized spacial score (nSPS) is 12.2. The molecule has 0 unspecified atom stereocenters. The Morgan fingerprint density at radius 3 is 2.28 bits per heavy atom. The molecule has 0 bridgehead atoms. The number of nitrogens with zero attached hydrogens (tertiary/aromatic N) is 1. The maximum absolute atomic E-state index is 14.0. The van der Waals surface area contributed by atoms with Gasteiger partial charge in [-0.15, -0.1) is 0 Å². The van der Waals surface area contributed by atoms with Crippen molar-refractivity contribution in [3.8, 4) is 0 Å².